The Hall–Kier alpha value is -1.79. The van der Waals surface area contributed by atoms with Crippen LogP contribution in [0.4, 0.5) is 0 Å². The van der Waals surface area contributed by atoms with E-state index in [2.05, 4.69) is 26.5 Å². The highest BCUT2D eigenvalue weighted by molar-refractivity contribution is 9.10. The molecule has 0 spiro atoms. The van der Waals surface area contributed by atoms with Gasteiger partial charge in [-0.2, -0.15) is 5.10 Å². The topological polar surface area (TPSA) is 54.6 Å². The van der Waals surface area contributed by atoms with Crippen molar-refractivity contribution in [2.24, 2.45) is 5.10 Å². The molecule has 0 saturated heterocycles. The van der Waals surface area contributed by atoms with Gasteiger partial charge in [-0.05, 0) is 42.0 Å². The average Bonchev–Trinajstić information content (AvgIpc) is 3.09. The predicted molar refractivity (Wildman–Crippen MR) is 113 cm³/mol. The number of amides is 1. The summed E-state index contributed by atoms with van der Waals surface area (Å²) in [6, 6.07) is 14.1. The number of halogens is 4. The Balaban J connectivity index is 1.63. The first kappa shape index (κ1) is 20.0. The molecule has 0 radical (unpaired) electrons. The molecular weight excluding hydrogens is 474 g/mol. The van der Waals surface area contributed by atoms with Crippen LogP contribution in [-0.2, 0) is 11.2 Å². The molecule has 1 N–H and O–H groups in total. The molecule has 3 aromatic rings. The van der Waals surface area contributed by atoms with E-state index < -0.39 is 0 Å². The Morgan fingerprint density at radius 1 is 1.04 bits per heavy atom. The number of nitrogens with one attached hydrogen (secondary N) is 1. The average molecular weight is 487 g/mol. The lowest BCUT2D eigenvalue weighted by atomic mass is 10.1. The van der Waals surface area contributed by atoms with Crippen LogP contribution in [0.2, 0.25) is 15.1 Å². The lowest BCUT2D eigenvalue weighted by Crippen LogP contribution is -2.19. The molecule has 0 atom stereocenters. The van der Waals surface area contributed by atoms with Gasteiger partial charge >= 0.3 is 0 Å². The number of hydrazone groups is 1. The van der Waals surface area contributed by atoms with Crippen LogP contribution in [0.5, 0.6) is 0 Å². The minimum Gasteiger partial charge on any atom is -0.455 e. The minimum absolute atomic E-state index is 0.229. The normalized spacial score (nSPS) is 11.1. The van der Waals surface area contributed by atoms with Crippen molar-refractivity contribution in [1.82, 2.24) is 5.43 Å². The zero-order chi connectivity index (χ0) is 19.4. The molecule has 3 rings (SSSR count). The zero-order valence-electron chi connectivity index (χ0n) is 13.7. The standard InChI is InChI=1S/C19H12BrCl3N2O2/c20-12-3-1-11(2-4-12)7-19(26)25-24-10-13-5-6-18(27-13)14-8-16(22)17(23)9-15(14)21/h1-6,8-10H,7H2,(H,25,26)/b24-10+. The Bertz CT molecular complexity index is 1000. The van der Waals surface area contributed by atoms with E-state index in [-0.39, 0.29) is 12.3 Å². The van der Waals surface area contributed by atoms with Gasteiger partial charge in [0.25, 0.3) is 0 Å². The van der Waals surface area contributed by atoms with Crippen LogP contribution < -0.4 is 5.43 Å². The molecular formula is C19H12BrCl3N2O2. The first-order valence-corrected chi connectivity index (χ1v) is 9.66. The van der Waals surface area contributed by atoms with Gasteiger partial charge in [0.1, 0.15) is 11.5 Å². The second-order valence-electron chi connectivity index (χ2n) is 5.54. The summed E-state index contributed by atoms with van der Waals surface area (Å²) in [6.07, 6.45) is 1.64. The first-order valence-electron chi connectivity index (χ1n) is 7.73. The fourth-order valence-corrected chi connectivity index (χ4v) is 3.18. The van der Waals surface area contributed by atoms with Crippen molar-refractivity contribution in [2.75, 3.05) is 0 Å². The molecule has 0 unspecified atom stereocenters. The summed E-state index contributed by atoms with van der Waals surface area (Å²) in [7, 11) is 0. The van der Waals surface area contributed by atoms with E-state index in [4.69, 9.17) is 39.2 Å². The molecule has 4 nitrogen and oxygen atoms in total. The number of furan rings is 1. The number of benzene rings is 2. The fourth-order valence-electron chi connectivity index (χ4n) is 2.27. The second-order valence-corrected chi connectivity index (χ2v) is 7.68. The summed E-state index contributed by atoms with van der Waals surface area (Å²) < 4.78 is 6.63. The molecule has 0 fully saturated rings. The molecule has 2 aromatic carbocycles. The summed E-state index contributed by atoms with van der Waals surface area (Å²) in [6.45, 7) is 0. The number of carbonyl (C=O) groups is 1. The van der Waals surface area contributed by atoms with E-state index in [1.807, 2.05) is 24.3 Å². The zero-order valence-corrected chi connectivity index (χ0v) is 17.5. The Labute approximate surface area is 179 Å². The third-order valence-corrected chi connectivity index (χ3v) is 5.12. The van der Waals surface area contributed by atoms with Gasteiger partial charge in [0.15, 0.2) is 0 Å². The van der Waals surface area contributed by atoms with Gasteiger partial charge in [-0.3, -0.25) is 4.79 Å². The molecule has 0 aliphatic heterocycles. The number of nitrogens with zero attached hydrogens (tertiary/aromatic N) is 1. The van der Waals surface area contributed by atoms with Crippen LogP contribution in [0.25, 0.3) is 11.3 Å². The third-order valence-electron chi connectivity index (χ3n) is 3.56. The van der Waals surface area contributed by atoms with Crippen molar-refractivity contribution < 1.29 is 9.21 Å². The summed E-state index contributed by atoms with van der Waals surface area (Å²) in [5.41, 5.74) is 3.97. The third kappa shape index (κ3) is 5.36. The van der Waals surface area contributed by atoms with E-state index in [0.717, 1.165) is 10.0 Å². The van der Waals surface area contributed by atoms with Crippen molar-refractivity contribution in [3.8, 4) is 11.3 Å². The van der Waals surface area contributed by atoms with Gasteiger partial charge in [-0.15, -0.1) is 0 Å². The summed E-state index contributed by atoms with van der Waals surface area (Å²) >= 11 is 21.5. The highest BCUT2D eigenvalue weighted by atomic mass is 79.9. The van der Waals surface area contributed by atoms with E-state index in [1.54, 1.807) is 24.3 Å². The lowest BCUT2D eigenvalue weighted by molar-refractivity contribution is -0.120. The molecule has 0 saturated carbocycles. The molecule has 27 heavy (non-hydrogen) atoms. The van der Waals surface area contributed by atoms with E-state index >= 15 is 0 Å². The molecule has 0 aliphatic rings. The monoisotopic (exact) mass is 484 g/mol. The number of hydrogen-bond donors (Lipinski definition) is 1. The van der Waals surface area contributed by atoms with E-state index in [9.17, 15) is 4.79 Å². The number of hydrogen-bond acceptors (Lipinski definition) is 3. The molecule has 0 aliphatic carbocycles. The Morgan fingerprint density at radius 2 is 1.74 bits per heavy atom. The van der Waals surface area contributed by atoms with Crippen LogP contribution >= 0.6 is 50.7 Å². The smallest absolute Gasteiger partial charge is 0.244 e. The molecule has 0 bridgehead atoms. The molecule has 8 heteroatoms. The first-order chi connectivity index (χ1) is 12.9. The fraction of sp³-hybridized carbons (Fsp3) is 0.0526. The second kappa shape index (κ2) is 8.93. The highest BCUT2D eigenvalue weighted by Gasteiger charge is 2.11. The maximum atomic E-state index is 11.9. The summed E-state index contributed by atoms with van der Waals surface area (Å²) in [5.74, 6) is 0.741. The van der Waals surface area contributed by atoms with Gasteiger partial charge in [0.05, 0.1) is 27.7 Å². The summed E-state index contributed by atoms with van der Waals surface area (Å²) in [5, 5.41) is 5.08. The summed E-state index contributed by atoms with van der Waals surface area (Å²) in [4.78, 5) is 11.9. The highest BCUT2D eigenvalue weighted by Crippen LogP contribution is 2.35. The molecule has 1 aromatic heterocycles. The molecule has 1 amide bonds. The van der Waals surface area contributed by atoms with Gasteiger partial charge in [-0.1, -0.05) is 62.9 Å². The maximum Gasteiger partial charge on any atom is 0.244 e. The van der Waals surface area contributed by atoms with Crippen LogP contribution in [0, 0.1) is 0 Å². The predicted octanol–water partition coefficient (Wildman–Crippen LogP) is 6.36. The van der Waals surface area contributed by atoms with Crippen LogP contribution in [0.1, 0.15) is 11.3 Å². The van der Waals surface area contributed by atoms with E-state index in [1.165, 1.54) is 6.21 Å². The van der Waals surface area contributed by atoms with Crippen LogP contribution in [0.3, 0.4) is 0 Å². The van der Waals surface area contributed by atoms with Crippen molar-refractivity contribution in [3.63, 3.8) is 0 Å². The molecule has 1 heterocycles. The van der Waals surface area contributed by atoms with Gasteiger partial charge in [0, 0.05) is 10.0 Å². The van der Waals surface area contributed by atoms with Gasteiger partial charge in [0.2, 0.25) is 5.91 Å². The molecule has 138 valence electrons. The Morgan fingerprint density at radius 3 is 2.48 bits per heavy atom. The van der Waals surface area contributed by atoms with Crippen LogP contribution in [-0.4, -0.2) is 12.1 Å². The Kier molecular flexibility index (Phi) is 6.60. The number of rotatable bonds is 5. The van der Waals surface area contributed by atoms with Crippen molar-refractivity contribution in [1.29, 1.82) is 0 Å². The van der Waals surface area contributed by atoms with Crippen molar-refractivity contribution in [2.45, 2.75) is 6.42 Å². The lowest BCUT2D eigenvalue weighted by Gasteiger charge is -2.03. The SMILES string of the molecule is O=C(Cc1ccc(Br)cc1)N/N=C/c1ccc(-c2cc(Cl)c(Cl)cc2Cl)o1. The van der Waals surface area contributed by atoms with Crippen molar-refractivity contribution in [3.05, 3.63) is 79.4 Å². The van der Waals surface area contributed by atoms with E-state index in [0.29, 0.717) is 32.2 Å². The van der Waals surface area contributed by atoms with Gasteiger partial charge < -0.3 is 4.42 Å². The maximum absolute atomic E-state index is 11.9. The van der Waals surface area contributed by atoms with Gasteiger partial charge in [-0.25, -0.2) is 5.43 Å². The van der Waals surface area contributed by atoms with Crippen LogP contribution in [0.15, 0.2) is 62.5 Å². The minimum atomic E-state index is -0.229. The quantitative estimate of drug-likeness (QED) is 0.259. The largest absolute Gasteiger partial charge is 0.455 e. The number of carbonyl (C=O) groups excluding carboxylic acids is 1. The van der Waals surface area contributed by atoms with Crippen molar-refractivity contribution >= 4 is 62.9 Å².